The van der Waals surface area contributed by atoms with Gasteiger partial charge in [-0.2, -0.15) is 0 Å². The average molecular weight is 455 g/mol. The second-order valence-electron chi connectivity index (χ2n) is 6.71. The van der Waals surface area contributed by atoms with Crippen LogP contribution in [0.3, 0.4) is 0 Å². The number of hydrogen-bond donors (Lipinski definition) is 3. The van der Waals surface area contributed by atoms with Crippen LogP contribution in [0.25, 0.3) is 0 Å². The first-order valence-corrected chi connectivity index (χ1v) is 11.6. The van der Waals surface area contributed by atoms with Crippen LogP contribution in [0.1, 0.15) is 23.2 Å². The number of nitrogens with zero attached hydrogens (tertiary/aromatic N) is 2. The van der Waals surface area contributed by atoms with E-state index in [1.54, 1.807) is 33.7 Å². The number of benzene rings is 1. The standard InChI is InChI=1S/C18H19ClN4O4S2/c19-12-5-6-14(18(25)22-7-1-3-13(22)11-24)15(9-12)21-29(26,27)17-4-2-8-23-16(17)10-20-28-23/h2,4-6,8-10,13,20-21,24H,1,3,7,11H2. The molecule has 3 N–H and O–H groups in total. The van der Waals surface area contributed by atoms with Gasteiger partial charge in [0.05, 0.1) is 41.7 Å². The number of nitrogens with one attached hydrogen (secondary N) is 2. The van der Waals surface area contributed by atoms with E-state index in [2.05, 4.69) is 9.44 Å². The van der Waals surface area contributed by atoms with Gasteiger partial charge in [-0.3, -0.25) is 13.8 Å². The molecule has 1 saturated heterocycles. The molecule has 0 radical (unpaired) electrons. The minimum Gasteiger partial charge on any atom is -0.394 e. The molecule has 0 bridgehead atoms. The van der Waals surface area contributed by atoms with Gasteiger partial charge in [0.2, 0.25) is 0 Å². The van der Waals surface area contributed by atoms with Gasteiger partial charge in [-0.15, -0.1) is 0 Å². The zero-order valence-corrected chi connectivity index (χ0v) is 17.6. The molecule has 1 fully saturated rings. The molecule has 1 unspecified atom stereocenters. The number of anilines is 1. The first-order chi connectivity index (χ1) is 13.9. The fourth-order valence-electron chi connectivity index (χ4n) is 3.50. The zero-order valence-electron chi connectivity index (χ0n) is 15.2. The Hall–Kier alpha value is -2.14. The molecule has 3 aliphatic heterocycles. The number of rotatable bonds is 5. The maximum Gasteiger partial charge on any atom is 0.264 e. The molecule has 4 rings (SSSR count). The molecule has 3 heterocycles. The van der Waals surface area contributed by atoms with Crippen molar-refractivity contribution >= 4 is 45.4 Å². The van der Waals surface area contributed by atoms with Gasteiger partial charge >= 0.3 is 0 Å². The maximum absolute atomic E-state index is 13.1. The van der Waals surface area contributed by atoms with Gasteiger partial charge in [0.25, 0.3) is 15.9 Å². The zero-order chi connectivity index (χ0) is 20.6. The van der Waals surface area contributed by atoms with Crippen LogP contribution in [-0.4, -0.2) is 47.8 Å². The largest absolute Gasteiger partial charge is 0.394 e. The quantitative estimate of drug-likeness (QED) is 0.587. The van der Waals surface area contributed by atoms with Crippen molar-refractivity contribution in [3.05, 3.63) is 63.9 Å². The predicted molar refractivity (Wildman–Crippen MR) is 113 cm³/mol. The van der Waals surface area contributed by atoms with Crippen LogP contribution in [0.5, 0.6) is 0 Å². The van der Waals surface area contributed by atoms with E-state index in [1.807, 2.05) is 0 Å². The van der Waals surface area contributed by atoms with E-state index in [0.29, 0.717) is 23.7 Å². The first kappa shape index (κ1) is 20.1. The Balaban J connectivity index is 1.67. The summed E-state index contributed by atoms with van der Waals surface area (Å²) in [6.45, 7) is 0.383. The maximum atomic E-state index is 13.1. The van der Waals surface area contributed by atoms with Gasteiger partial charge in [-0.25, -0.2) is 8.42 Å². The third-order valence-corrected chi connectivity index (χ3v) is 7.29. The van der Waals surface area contributed by atoms with Crippen LogP contribution in [0.4, 0.5) is 5.69 Å². The second-order valence-corrected chi connectivity index (χ2v) is 9.61. The molecule has 154 valence electrons. The first-order valence-electron chi connectivity index (χ1n) is 8.95. The Morgan fingerprint density at radius 2 is 2.24 bits per heavy atom. The number of fused-ring (bicyclic) bond motifs is 1. The van der Waals surface area contributed by atoms with E-state index in [4.69, 9.17) is 11.6 Å². The van der Waals surface area contributed by atoms with E-state index in [-0.39, 0.29) is 34.7 Å². The smallest absolute Gasteiger partial charge is 0.264 e. The number of aliphatic hydroxyl groups is 1. The number of likely N-dealkylation sites (tertiary alicyclic amines) is 1. The fourth-order valence-corrected chi connectivity index (χ4v) is 5.65. The Bertz CT molecular complexity index is 1040. The van der Waals surface area contributed by atoms with Crippen LogP contribution >= 0.6 is 23.7 Å². The van der Waals surface area contributed by atoms with Crippen LogP contribution in [0.2, 0.25) is 5.02 Å². The number of allylic oxidation sites excluding steroid dienone is 2. The summed E-state index contributed by atoms with van der Waals surface area (Å²) in [6, 6.07) is 4.20. The lowest BCUT2D eigenvalue weighted by molar-refractivity contribution is 0.0678. The minimum absolute atomic E-state index is 0.0743. The van der Waals surface area contributed by atoms with E-state index < -0.39 is 10.0 Å². The highest BCUT2D eigenvalue weighted by Gasteiger charge is 2.33. The van der Waals surface area contributed by atoms with Gasteiger partial charge in [0.1, 0.15) is 4.91 Å². The van der Waals surface area contributed by atoms with E-state index in [1.165, 1.54) is 30.3 Å². The van der Waals surface area contributed by atoms with Gasteiger partial charge in [-0.05, 0) is 43.2 Å². The number of carbonyl (C=O) groups is 1. The molecule has 29 heavy (non-hydrogen) atoms. The molecule has 8 nitrogen and oxygen atoms in total. The van der Waals surface area contributed by atoms with Crippen molar-refractivity contribution in [1.29, 1.82) is 0 Å². The molecule has 1 atom stereocenters. The van der Waals surface area contributed by atoms with Crippen molar-refractivity contribution in [2.45, 2.75) is 18.9 Å². The highest BCUT2D eigenvalue weighted by molar-refractivity contribution is 7.97. The summed E-state index contributed by atoms with van der Waals surface area (Å²) in [7, 11) is -3.99. The summed E-state index contributed by atoms with van der Waals surface area (Å²) in [5.74, 6) is -0.340. The third-order valence-electron chi connectivity index (χ3n) is 4.90. The van der Waals surface area contributed by atoms with Crippen LogP contribution < -0.4 is 9.44 Å². The van der Waals surface area contributed by atoms with Gasteiger partial charge in [0.15, 0.2) is 0 Å². The lowest BCUT2D eigenvalue weighted by Gasteiger charge is -2.25. The summed E-state index contributed by atoms with van der Waals surface area (Å²) in [5, 5.41) is 9.83. The molecule has 0 aliphatic carbocycles. The van der Waals surface area contributed by atoms with Crippen molar-refractivity contribution in [2.24, 2.45) is 0 Å². The number of halogens is 1. The van der Waals surface area contributed by atoms with Crippen LogP contribution in [-0.2, 0) is 10.0 Å². The van der Waals surface area contributed by atoms with E-state index in [9.17, 15) is 18.3 Å². The Morgan fingerprint density at radius 1 is 1.41 bits per heavy atom. The van der Waals surface area contributed by atoms with Crippen molar-refractivity contribution in [3.8, 4) is 0 Å². The van der Waals surface area contributed by atoms with Crippen molar-refractivity contribution in [2.75, 3.05) is 17.9 Å². The normalized spacial score (nSPS) is 20.8. The number of amides is 1. The monoisotopic (exact) mass is 454 g/mol. The van der Waals surface area contributed by atoms with Crippen LogP contribution in [0.15, 0.2) is 53.4 Å². The number of carbonyl (C=O) groups excluding carboxylic acids is 1. The van der Waals surface area contributed by atoms with Gasteiger partial charge < -0.3 is 14.7 Å². The molecule has 1 aromatic carbocycles. The molecule has 0 saturated carbocycles. The van der Waals surface area contributed by atoms with Gasteiger partial charge in [-0.1, -0.05) is 11.6 Å². The summed E-state index contributed by atoms with van der Waals surface area (Å²) in [5.41, 5.74) is 0.780. The fraction of sp³-hybridized carbons (Fsp3) is 0.278. The molecule has 1 aromatic rings. The summed E-state index contributed by atoms with van der Waals surface area (Å²) in [6.07, 6.45) is 7.97. The van der Waals surface area contributed by atoms with E-state index in [0.717, 1.165) is 6.42 Å². The predicted octanol–water partition coefficient (Wildman–Crippen LogP) is 2.40. The Morgan fingerprint density at radius 3 is 3.03 bits per heavy atom. The Labute approximate surface area is 178 Å². The number of sulfonamides is 1. The molecule has 0 spiro atoms. The topological polar surface area (TPSA) is 102 Å². The lowest BCUT2D eigenvalue weighted by atomic mass is 10.1. The summed E-state index contributed by atoms with van der Waals surface area (Å²) >= 11 is 7.33. The molecule has 3 aliphatic rings. The van der Waals surface area contributed by atoms with Crippen molar-refractivity contribution in [3.63, 3.8) is 0 Å². The second kappa shape index (κ2) is 7.94. The summed E-state index contributed by atoms with van der Waals surface area (Å²) < 4.78 is 33.3. The molecular formula is C18H19ClN4O4S2. The minimum atomic E-state index is -3.99. The molecule has 11 heteroatoms. The van der Waals surface area contributed by atoms with E-state index >= 15 is 0 Å². The number of aliphatic hydroxyl groups excluding tert-OH is 1. The SMILES string of the molecule is O=C(c1ccc(Cl)cc1NS(=O)(=O)C1=CC=CN2SNC=C12)N1CCCC1CO. The Kier molecular flexibility index (Phi) is 5.52. The van der Waals surface area contributed by atoms with Crippen LogP contribution in [0, 0.1) is 0 Å². The third kappa shape index (κ3) is 3.85. The molecular weight excluding hydrogens is 436 g/mol. The lowest BCUT2D eigenvalue weighted by Crippen LogP contribution is -2.38. The highest BCUT2D eigenvalue weighted by atomic mass is 35.5. The van der Waals surface area contributed by atoms with Crippen molar-refractivity contribution in [1.82, 2.24) is 13.9 Å². The molecule has 1 amide bonds. The number of hydrogen-bond acceptors (Lipinski definition) is 7. The van der Waals surface area contributed by atoms with Crippen molar-refractivity contribution < 1.29 is 18.3 Å². The van der Waals surface area contributed by atoms with Gasteiger partial charge in [0, 0.05) is 24.0 Å². The summed E-state index contributed by atoms with van der Waals surface area (Å²) in [4.78, 5) is 14.7. The highest BCUT2D eigenvalue weighted by Crippen LogP contribution is 2.35. The molecule has 0 aromatic heterocycles. The average Bonchev–Trinajstić information content (AvgIpc) is 3.36.